The molecule has 0 spiro atoms. The van der Waals surface area contributed by atoms with Crippen LogP contribution in [0.5, 0.6) is 0 Å². The molecule has 1 aromatic carbocycles. The second-order valence-electron chi connectivity index (χ2n) is 5.75. The average Bonchev–Trinajstić information content (AvgIpc) is 3.20. The topological polar surface area (TPSA) is 96.3 Å². The second-order valence-corrected chi connectivity index (χ2v) is 8.20. The average molecular weight is 388 g/mol. The predicted molar refractivity (Wildman–Crippen MR) is 98.7 cm³/mol. The molecular weight excluding hydrogens is 372 g/mol. The van der Waals surface area contributed by atoms with Gasteiger partial charge in [-0.3, -0.25) is 9.00 Å². The Morgan fingerprint density at radius 2 is 2.12 bits per heavy atom. The molecule has 134 valence electrons. The number of amides is 1. The number of nitriles is 1. The van der Waals surface area contributed by atoms with Crippen molar-refractivity contribution in [2.24, 2.45) is 0 Å². The van der Waals surface area contributed by atoms with E-state index in [0.717, 1.165) is 29.7 Å². The van der Waals surface area contributed by atoms with E-state index in [4.69, 9.17) is 4.74 Å². The summed E-state index contributed by atoms with van der Waals surface area (Å²) in [5.41, 5.74) is 1.70. The van der Waals surface area contributed by atoms with Gasteiger partial charge >= 0.3 is 5.97 Å². The molecule has 0 aliphatic heterocycles. The van der Waals surface area contributed by atoms with E-state index in [-0.39, 0.29) is 5.56 Å². The molecule has 1 aliphatic carbocycles. The number of rotatable bonds is 5. The van der Waals surface area contributed by atoms with Gasteiger partial charge in [0.25, 0.3) is 5.91 Å². The number of carbonyl (C=O) groups excluding carboxylic acids is 2. The van der Waals surface area contributed by atoms with Gasteiger partial charge in [-0.2, -0.15) is 5.26 Å². The minimum absolute atomic E-state index is 0.175. The lowest BCUT2D eigenvalue weighted by Crippen LogP contribution is -2.21. The molecule has 6 nitrogen and oxygen atoms in total. The first-order chi connectivity index (χ1) is 12.5. The summed E-state index contributed by atoms with van der Waals surface area (Å²) in [7, 11) is -1.34. The van der Waals surface area contributed by atoms with Crippen molar-refractivity contribution < 1.29 is 18.5 Å². The van der Waals surface area contributed by atoms with Gasteiger partial charge in [-0.15, -0.1) is 11.3 Å². The summed E-state index contributed by atoms with van der Waals surface area (Å²) in [5, 5.41) is 12.5. The van der Waals surface area contributed by atoms with E-state index < -0.39 is 29.3 Å². The van der Waals surface area contributed by atoms with E-state index in [9.17, 15) is 19.1 Å². The molecule has 1 N–H and O–H groups in total. The number of nitrogens with one attached hydrogen (secondary N) is 1. The first-order valence-corrected chi connectivity index (χ1v) is 10.3. The molecule has 8 heteroatoms. The fourth-order valence-corrected chi connectivity index (χ4v) is 4.86. The standard InChI is InChI=1S/C18H16N2O4S2/c1-26(23)15-8-3-2-5-12(15)18(22)24-10-16(21)20-17-13(9-19)11-6-4-7-14(11)25-17/h2-3,5,8H,4,6-7,10H2,1H3,(H,20,21)/t26-/m0/s1. The minimum Gasteiger partial charge on any atom is -0.452 e. The molecule has 0 unspecified atom stereocenters. The van der Waals surface area contributed by atoms with E-state index in [2.05, 4.69) is 11.4 Å². The van der Waals surface area contributed by atoms with Gasteiger partial charge in [-0.05, 0) is 37.0 Å². The lowest BCUT2D eigenvalue weighted by Gasteiger charge is -2.08. The van der Waals surface area contributed by atoms with E-state index in [0.29, 0.717) is 15.5 Å². The second kappa shape index (κ2) is 7.81. The maximum absolute atomic E-state index is 12.2. The number of anilines is 1. The van der Waals surface area contributed by atoms with Crippen LogP contribution in [0.15, 0.2) is 29.2 Å². The summed E-state index contributed by atoms with van der Waals surface area (Å²) in [6, 6.07) is 8.56. The fourth-order valence-electron chi connectivity index (χ4n) is 2.87. The molecule has 0 radical (unpaired) electrons. The quantitative estimate of drug-likeness (QED) is 0.795. The van der Waals surface area contributed by atoms with E-state index in [1.807, 2.05) is 0 Å². The van der Waals surface area contributed by atoms with Crippen LogP contribution in [0.2, 0.25) is 0 Å². The number of benzene rings is 1. The molecule has 3 rings (SSSR count). The SMILES string of the molecule is C[S@](=O)c1ccccc1C(=O)OCC(=O)Nc1sc2c(c1C#N)CCC2. The molecule has 1 aromatic heterocycles. The predicted octanol–water partition coefficient (Wildman–Crippen LogP) is 2.64. The van der Waals surface area contributed by atoms with E-state index in [1.165, 1.54) is 23.7 Å². The number of fused-ring (bicyclic) bond motifs is 1. The Bertz CT molecular complexity index is 943. The third kappa shape index (κ3) is 3.69. The number of hydrogen-bond acceptors (Lipinski definition) is 6. The van der Waals surface area contributed by atoms with Crippen LogP contribution in [0.25, 0.3) is 0 Å². The Labute approximate surface area is 157 Å². The molecule has 1 amide bonds. The smallest absolute Gasteiger partial charge is 0.339 e. The zero-order valence-corrected chi connectivity index (χ0v) is 15.7. The first kappa shape index (κ1) is 18.3. The maximum Gasteiger partial charge on any atom is 0.339 e. The molecule has 1 aliphatic rings. The van der Waals surface area contributed by atoms with Gasteiger partial charge < -0.3 is 10.1 Å². The van der Waals surface area contributed by atoms with Crippen molar-refractivity contribution in [3.05, 3.63) is 45.8 Å². The van der Waals surface area contributed by atoms with Crippen molar-refractivity contribution in [3.63, 3.8) is 0 Å². The van der Waals surface area contributed by atoms with Crippen molar-refractivity contribution >= 4 is 39.0 Å². The van der Waals surface area contributed by atoms with Crippen molar-refractivity contribution in [1.29, 1.82) is 5.26 Å². The largest absolute Gasteiger partial charge is 0.452 e. The number of esters is 1. The van der Waals surface area contributed by atoms with Crippen LogP contribution < -0.4 is 5.32 Å². The monoisotopic (exact) mass is 388 g/mol. The maximum atomic E-state index is 12.2. The summed E-state index contributed by atoms with van der Waals surface area (Å²) in [6.45, 7) is -0.475. The highest BCUT2D eigenvalue weighted by atomic mass is 32.2. The third-order valence-corrected chi connectivity index (χ3v) is 6.22. The van der Waals surface area contributed by atoms with Gasteiger partial charge in [0.15, 0.2) is 6.61 Å². The number of aryl methyl sites for hydroxylation is 1. The van der Waals surface area contributed by atoms with Gasteiger partial charge in [0, 0.05) is 11.1 Å². The molecule has 2 aromatic rings. The van der Waals surface area contributed by atoms with Crippen LogP contribution in [0.1, 0.15) is 32.8 Å². The lowest BCUT2D eigenvalue weighted by molar-refractivity contribution is -0.119. The Morgan fingerprint density at radius 3 is 2.85 bits per heavy atom. The Morgan fingerprint density at radius 1 is 1.35 bits per heavy atom. The highest BCUT2D eigenvalue weighted by Gasteiger charge is 2.23. The van der Waals surface area contributed by atoms with Crippen LogP contribution in [0.3, 0.4) is 0 Å². The zero-order chi connectivity index (χ0) is 18.7. The van der Waals surface area contributed by atoms with Crippen LogP contribution in [0.4, 0.5) is 5.00 Å². The third-order valence-electron chi connectivity index (χ3n) is 4.04. The Hall–Kier alpha value is -2.50. The Balaban J connectivity index is 1.64. The number of ether oxygens (including phenoxy) is 1. The van der Waals surface area contributed by atoms with E-state index >= 15 is 0 Å². The minimum atomic E-state index is -1.34. The molecule has 0 fully saturated rings. The summed E-state index contributed by atoms with van der Waals surface area (Å²) in [6.07, 6.45) is 4.27. The van der Waals surface area contributed by atoms with Crippen molar-refractivity contribution in [2.75, 3.05) is 18.2 Å². The fraction of sp³-hybridized carbons (Fsp3) is 0.278. The number of nitrogens with zero attached hydrogens (tertiary/aromatic N) is 1. The summed E-state index contributed by atoms with van der Waals surface area (Å²) in [5.74, 6) is -1.22. The number of thiophene rings is 1. The first-order valence-electron chi connectivity index (χ1n) is 7.95. The highest BCUT2D eigenvalue weighted by molar-refractivity contribution is 7.84. The van der Waals surface area contributed by atoms with Crippen LogP contribution in [0, 0.1) is 11.3 Å². The van der Waals surface area contributed by atoms with Crippen LogP contribution >= 0.6 is 11.3 Å². The number of hydrogen-bond donors (Lipinski definition) is 1. The zero-order valence-electron chi connectivity index (χ0n) is 14.0. The van der Waals surface area contributed by atoms with Crippen molar-refractivity contribution in [1.82, 2.24) is 0 Å². The lowest BCUT2D eigenvalue weighted by atomic mass is 10.1. The van der Waals surface area contributed by atoms with Gasteiger partial charge in [0.1, 0.15) is 11.1 Å². The molecular formula is C18H16N2O4S2. The molecule has 0 saturated carbocycles. The van der Waals surface area contributed by atoms with Gasteiger partial charge in [0.05, 0.1) is 26.8 Å². The number of carbonyl (C=O) groups is 2. The van der Waals surface area contributed by atoms with Crippen LogP contribution in [-0.2, 0) is 33.2 Å². The normalized spacial score (nSPS) is 13.5. The van der Waals surface area contributed by atoms with Crippen molar-refractivity contribution in [3.8, 4) is 6.07 Å². The van der Waals surface area contributed by atoms with Gasteiger partial charge in [-0.1, -0.05) is 12.1 Å². The van der Waals surface area contributed by atoms with Gasteiger partial charge in [0.2, 0.25) is 0 Å². The summed E-state index contributed by atoms with van der Waals surface area (Å²) in [4.78, 5) is 25.8. The molecule has 1 heterocycles. The summed E-state index contributed by atoms with van der Waals surface area (Å²) >= 11 is 1.40. The Kier molecular flexibility index (Phi) is 5.49. The molecule has 1 atom stereocenters. The van der Waals surface area contributed by atoms with Crippen molar-refractivity contribution in [2.45, 2.75) is 24.2 Å². The molecule has 26 heavy (non-hydrogen) atoms. The molecule has 0 bridgehead atoms. The summed E-state index contributed by atoms with van der Waals surface area (Å²) < 4.78 is 16.7. The van der Waals surface area contributed by atoms with E-state index in [1.54, 1.807) is 18.2 Å². The molecule has 0 saturated heterocycles. The van der Waals surface area contributed by atoms with Gasteiger partial charge in [-0.25, -0.2) is 4.79 Å². The van der Waals surface area contributed by atoms with Crippen LogP contribution in [-0.4, -0.2) is 28.9 Å². The highest BCUT2D eigenvalue weighted by Crippen LogP contribution is 2.38.